The van der Waals surface area contributed by atoms with Gasteiger partial charge in [0.15, 0.2) is 0 Å². The number of benzene rings is 2. The van der Waals surface area contributed by atoms with Crippen LogP contribution in [0.1, 0.15) is 32.2 Å². The molecule has 9 heteroatoms. The van der Waals surface area contributed by atoms with Gasteiger partial charge in [-0.3, -0.25) is 14.2 Å². The van der Waals surface area contributed by atoms with Crippen molar-refractivity contribution in [3.63, 3.8) is 0 Å². The molecule has 0 spiro atoms. The summed E-state index contributed by atoms with van der Waals surface area (Å²) in [4.78, 5) is 43.5. The largest absolute Gasteiger partial charge is 0.383 e. The summed E-state index contributed by atoms with van der Waals surface area (Å²) in [5, 5.41) is 2.90. The summed E-state index contributed by atoms with van der Waals surface area (Å²) in [6, 6.07) is 16.3. The van der Waals surface area contributed by atoms with E-state index >= 15 is 0 Å². The van der Waals surface area contributed by atoms with E-state index in [0.29, 0.717) is 24.5 Å². The van der Waals surface area contributed by atoms with Crippen LogP contribution in [0.25, 0.3) is 0 Å². The predicted octanol–water partition coefficient (Wildman–Crippen LogP) is 3.47. The van der Waals surface area contributed by atoms with Crippen molar-refractivity contribution in [3.8, 4) is 0 Å². The van der Waals surface area contributed by atoms with E-state index in [2.05, 4.69) is 5.32 Å². The number of nitrogens with two attached hydrogens (primary N) is 1. The van der Waals surface area contributed by atoms with Crippen molar-refractivity contribution in [3.05, 3.63) is 75.4 Å². The molecule has 1 fully saturated rings. The van der Waals surface area contributed by atoms with Gasteiger partial charge in [0.2, 0.25) is 5.91 Å². The molecular weight excluding hydrogens is 450 g/mol. The molecule has 1 atom stereocenters. The van der Waals surface area contributed by atoms with Crippen molar-refractivity contribution in [2.24, 2.45) is 7.05 Å². The summed E-state index contributed by atoms with van der Waals surface area (Å²) in [5.74, 6) is -0.319. The maximum Gasteiger partial charge on any atom is 0.333 e. The van der Waals surface area contributed by atoms with Gasteiger partial charge in [-0.15, -0.1) is 0 Å². The van der Waals surface area contributed by atoms with E-state index in [1.165, 1.54) is 23.4 Å². The first kappa shape index (κ1) is 23.7. The average Bonchev–Trinajstić information content (AvgIpc) is 2.85. The van der Waals surface area contributed by atoms with Gasteiger partial charge in [0.05, 0.1) is 5.69 Å². The Hall–Kier alpha value is -3.46. The van der Waals surface area contributed by atoms with Crippen molar-refractivity contribution in [1.82, 2.24) is 9.13 Å². The number of carbonyl (C=O) groups is 1. The predicted molar refractivity (Wildman–Crippen MR) is 137 cm³/mol. The Kier molecular flexibility index (Phi) is 7.12. The fourth-order valence-corrected chi connectivity index (χ4v) is 5.04. The number of carbonyl (C=O) groups excluding carboxylic acids is 1. The molecule has 34 heavy (non-hydrogen) atoms. The molecule has 0 unspecified atom stereocenters. The van der Waals surface area contributed by atoms with Crippen molar-refractivity contribution in [2.75, 3.05) is 29.0 Å². The van der Waals surface area contributed by atoms with Gasteiger partial charge in [-0.2, -0.15) is 0 Å². The summed E-state index contributed by atoms with van der Waals surface area (Å²) in [7, 11) is 1.53. The number of amides is 1. The van der Waals surface area contributed by atoms with Crippen molar-refractivity contribution in [2.45, 2.75) is 42.0 Å². The minimum Gasteiger partial charge on any atom is -0.383 e. The van der Waals surface area contributed by atoms with Crippen molar-refractivity contribution in [1.29, 1.82) is 0 Å². The lowest BCUT2D eigenvalue weighted by atomic mass is 10.1. The molecule has 178 valence electrons. The highest BCUT2D eigenvalue weighted by Gasteiger charge is 2.27. The number of nitrogen functional groups attached to an aromatic ring is 1. The number of aromatic nitrogens is 2. The first-order chi connectivity index (χ1) is 16.4. The van der Waals surface area contributed by atoms with Crippen LogP contribution in [0, 0.1) is 0 Å². The highest BCUT2D eigenvalue weighted by molar-refractivity contribution is 7.99. The SMILES string of the molecule is C[C@@H](C(=O)Nc1ccccc1Sc1ccccc1)n1c(=O)c(N2CCCCC2)c(N)n(C)c1=O. The quantitative estimate of drug-likeness (QED) is 0.561. The zero-order valence-electron chi connectivity index (χ0n) is 19.4. The highest BCUT2D eigenvalue weighted by atomic mass is 32.2. The van der Waals surface area contributed by atoms with Crippen LogP contribution in [-0.2, 0) is 11.8 Å². The molecule has 3 aromatic rings. The van der Waals surface area contributed by atoms with Gasteiger partial charge in [-0.25, -0.2) is 9.36 Å². The lowest BCUT2D eigenvalue weighted by molar-refractivity contribution is -0.119. The van der Waals surface area contributed by atoms with Gasteiger partial charge < -0.3 is 16.0 Å². The van der Waals surface area contributed by atoms with E-state index in [1.807, 2.05) is 53.4 Å². The molecule has 0 saturated carbocycles. The fraction of sp³-hybridized carbons (Fsp3) is 0.320. The van der Waals surface area contributed by atoms with Gasteiger partial charge in [0, 0.05) is 29.9 Å². The summed E-state index contributed by atoms with van der Waals surface area (Å²) in [6.45, 7) is 2.95. The minimum atomic E-state index is -1.02. The summed E-state index contributed by atoms with van der Waals surface area (Å²) in [6.07, 6.45) is 3.00. The van der Waals surface area contributed by atoms with Crippen LogP contribution in [0.3, 0.4) is 0 Å². The van der Waals surface area contributed by atoms with Crippen LogP contribution < -0.4 is 27.2 Å². The fourth-order valence-electron chi connectivity index (χ4n) is 4.12. The third kappa shape index (κ3) is 4.75. The zero-order chi connectivity index (χ0) is 24.2. The van der Waals surface area contributed by atoms with E-state index < -0.39 is 23.2 Å². The summed E-state index contributed by atoms with van der Waals surface area (Å²) in [5.41, 5.74) is 5.95. The van der Waals surface area contributed by atoms with E-state index in [-0.39, 0.29) is 5.82 Å². The number of hydrogen-bond donors (Lipinski definition) is 2. The number of para-hydroxylation sites is 1. The molecule has 1 aliphatic rings. The Morgan fingerprint density at radius 2 is 1.65 bits per heavy atom. The van der Waals surface area contributed by atoms with Crippen molar-refractivity contribution >= 4 is 34.9 Å². The van der Waals surface area contributed by atoms with Crippen molar-refractivity contribution < 1.29 is 4.79 Å². The third-order valence-corrected chi connectivity index (χ3v) is 7.16. The summed E-state index contributed by atoms with van der Waals surface area (Å²) >= 11 is 1.52. The Morgan fingerprint density at radius 3 is 2.35 bits per heavy atom. The molecule has 0 bridgehead atoms. The van der Waals surface area contributed by atoms with E-state index in [4.69, 9.17) is 5.73 Å². The molecule has 0 aliphatic carbocycles. The number of rotatable bonds is 6. The topological polar surface area (TPSA) is 102 Å². The summed E-state index contributed by atoms with van der Waals surface area (Å²) < 4.78 is 2.25. The van der Waals surface area contributed by atoms with Crippen LogP contribution in [0.4, 0.5) is 17.2 Å². The molecular formula is C25H29N5O3S. The van der Waals surface area contributed by atoms with E-state index in [0.717, 1.165) is 33.6 Å². The minimum absolute atomic E-state index is 0.130. The van der Waals surface area contributed by atoms with Crippen LogP contribution in [-0.4, -0.2) is 28.1 Å². The second-order valence-corrected chi connectivity index (χ2v) is 9.49. The zero-order valence-corrected chi connectivity index (χ0v) is 20.2. The van der Waals surface area contributed by atoms with E-state index in [1.54, 1.807) is 13.0 Å². The van der Waals surface area contributed by atoms with Gasteiger partial charge >= 0.3 is 5.69 Å². The maximum atomic E-state index is 13.4. The van der Waals surface area contributed by atoms with Crippen LogP contribution in [0.15, 0.2) is 74.0 Å². The lowest BCUT2D eigenvalue weighted by Crippen LogP contribution is -2.48. The standard InChI is InChI=1S/C25H29N5O3S/c1-17(23(31)27-19-13-7-8-14-20(19)34-18-11-5-3-6-12-18)30-24(32)21(22(26)28(2)25(30)33)29-15-9-4-10-16-29/h3,5-8,11-14,17H,4,9-10,15-16,26H2,1-2H3,(H,27,31)/t17-/m0/s1. The molecule has 8 nitrogen and oxygen atoms in total. The Morgan fingerprint density at radius 1 is 1.00 bits per heavy atom. The monoisotopic (exact) mass is 479 g/mol. The Balaban J connectivity index is 1.65. The average molecular weight is 480 g/mol. The van der Waals surface area contributed by atoms with Crippen LogP contribution >= 0.6 is 11.8 Å². The molecule has 2 aromatic carbocycles. The van der Waals surface area contributed by atoms with Gasteiger partial charge in [-0.05, 0) is 50.5 Å². The number of nitrogens with one attached hydrogen (secondary N) is 1. The lowest BCUT2D eigenvalue weighted by Gasteiger charge is -2.30. The first-order valence-electron chi connectivity index (χ1n) is 11.4. The molecule has 1 aliphatic heterocycles. The molecule has 1 saturated heterocycles. The number of nitrogens with zero attached hydrogens (tertiary/aromatic N) is 3. The van der Waals surface area contributed by atoms with Gasteiger partial charge in [0.25, 0.3) is 5.56 Å². The maximum absolute atomic E-state index is 13.4. The molecule has 0 radical (unpaired) electrons. The number of hydrogen-bond acceptors (Lipinski definition) is 6. The number of anilines is 3. The van der Waals surface area contributed by atoms with Crippen LogP contribution in [0.5, 0.6) is 0 Å². The molecule has 4 rings (SSSR count). The molecule has 1 aromatic heterocycles. The third-order valence-electron chi connectivity index (χ3n) is 6.07. The Bertz CT molecular complexity index is 1300. The highest BCUT2D eigenvalue weighted by Crippen LogP contribution is 2.33. The second-order valence-electron chi connectivity index (χ2n) is 8.37. The normalized spacial score (nSPS) is 14.6. The molecule has 3 N–H and O–H groups in total. The first-order valence-corrected chi connectivity index (χ1v) is 12.2. The molecule has 1 amide bonds. The van der Waals surface area contributed by atoms with E-state index in [9.17, 15) is 14.4 Å². The smallest absolute Gasteiger partial charge is 0.333 e. The van der Waals surface area contributed by atoms with Crippen LogP contribution in [0.2, 0.25) is 0 Å². The Labute approximate surface area is 202 Å². The second kappa shape index (κ2) is 10.2. The van der Waals surface area contributed by atoms with Gasteiger partial charge in [-0.1, -0.05) is 42.1 Å². The van der Waals surface area contributed by atoms with Gasteiger partial charge in [0.1, 0.15) is 17.5 Å². The number of piperidine rings is 1. The molecule has 2 heterocycles.